The molecule has 3 aromatic carbocycles. The molecule has 2 amide bonds. The number of thioether (sulfide) groups is 1. The van der Waals surface area contributed by atoms with Crippen molar-refractivity contribution in [2.24, 2.45) is 0 Å². The second kappa shape index (κ2) is 10.8. The highest BCUT2D eigenvalue weighted by atomic mass is 79.9. The van der Waals surface area contributed by atoms with Crippen molar-refractivity contribution in [3.05, 3.63) is 105 Å². The molecule has 0 N–H and O–H groups in total. The minimum atomic E-state index is -0.315. The molecule has 168 valence electrons. The van der Waals surface area contributed by atoms with Crippen LogP contribution in [0.5, 0.6) is 5.75 Å². The van der Waals surface area contributed by atoms with Crippen molar-refractivity contribution in [2.45, 2.75) is 19.4 Å². The number of aryl methyl sites for hydroxylation is 1. The first-order valence-corrected chi connectivity index (χ1v) is 12.1. The van der Waals surface area contributed by atoms with Gasteiger partial charge in [-0.15, -0.1) is 0 Å². The summed E-state index contributed by atoms with van der Waals surface area (Å²) in [6, 6.07) is 21.8. The van der Waals surface area contributed by atoms with Crippen molar-refractivity contribution in [2.75, 3.05) is 6.54 Å². The average molecular weight is 526 g/mol. The van der Waals surface area contributed by atoms with E-state index in [-0.39, 0.29) is 23.6 Å². The molecule has 0 atom stereocenters. The van der Waals surface area contributed by atoms with Gasteiger partial charge in [-0.05, 0) is 75.9 Å². The highest BCUT2D eigenvalue weighted by Gasteiger charge is 2.34. The van der Waals surface area contributed by atoms with Gasteiger partial charge in [0.2, 0.25) is 0 Å². The lowest BCUT2D eigenvalue weighted by atomic mass is 10.1. The maximum Gasteiger partial charge on any atom is 0.293 e. The molecular formula is C26H21BrFNO3S. The number of benzene rings is 3. The number of nitrogens with zero attached hydrogens (tertiary/aromatic N) is 1. The first-order chi connectivity index (χ1) is 16.0. The molecule has 1 heterocycles. The van der Waals surface area contributed by atoms with Crippen molar-refractivity contribution in [1.82, 2.24) is 4.90 Å². The van der Waals surface area contributed by atoms with Gasteiger partial charge in [0.15, 0.2) is 0 Å². The largest absolute Gasteiger partial charge is 0.488 e. The van der Waals surface area contributed by atoms with E-state index >= 15 is 0 Å². The van der Waals surface area contributed by atoms with E-state index in [1.54, 1.807) is 42.5 Å². The van der Waals surface area contributed by atoms with Crippen LogP contribution in [0.4, 0.5) is 9.18 Å². The third-order valence-corrected chi connectivity index (χ3v) is 6.69. The van der Waals surface area contributed by atoms with Crippen LogP contribution in [0.15, 0.2) is 82.2 Å². The van der Waals surface area contributed by atoms with Crippen LogP contribution in [0.1, 0.15) is 23.1 Å². The van der Waals surface area contributed by atoms with Crippen molar-refractivity contribution in [3.63, 3.8) is 0 Å². The topological polar surface area (TPSA) is 46.6 Å². The second-order valence-electron chi connectivity index (χ2n) is 7.49. The van der Waals surface area contributed by atoms with Gasteiger partial charge in [0.1, 0.15) is 18.2 Å². The third kappa shape index (κ3) is 5.92. The Morgan fingerprint density at radius 1 is 1.00 bits per heavy atom. The maximum absolute atomic E-state index is 13.8. The number of halogens is 2. The summed E-state index contributed by atoms with van der Waals surface area (Å²) in [4.78, 5) is 26.8. The highest BCUT2D eigenvalue weighted by molar-refractivity contribution is 9.10. The molecule has 0 radical (unpaired) electrons. The fourth-order valence-corrected chi connectivity index (χ4v) is 4.80. The van der Waals surface area contributed by atoms with Gasteiger partial charge in [-0.3, -0.25) is 14.5 Å². The molecule has 4 rings (SSSR count). The predicted octanol–water partition coefficient (Wildman–Crippen LogP) is 6.84. The summed E-state index contributed by atoms with van der Waals surface area (Å²) in [6.45, 7) is 0.496. The minimum absolute atomic E-state index is 0.104. The summed E-state index contributed by atoms with van der Waals surface area (Å²) in [5, 5.41) is -0.247. The standard InChI is InChI=1S/C26H21BrFNO3S/c27-21-15-19(12-13-23(21)32-17-20-10-4-5-11-22(20)28)16-24-25(30)29(26(31)33-24)14-6-9-18-7-2-1-3-8-18/h1-5,7-8,10-13,15-16H,6,9,14,17H2/b24-16+. The quantitative estimate of drug-likeness (QED) is 0.302. The Morgan fingerprint density at radius 3 is 2.52 bits per heavy atom. The molecule has 0 aliphatic carbocycles. The number of rotatable bonds is 8. The molecule has 1 fully saturated rings. The lowest BCUT2D eigenvalue weighted by Crippen LogP contribution is -2.29. The zero-order chi connectivity index (χ0) is 23.2. The molecule has 0 saturated carbocycles. The Hall–Kier alpha value is -2.90. The number of carbonyl (C=O) groups excluding carboxylic acids is 2. The molecule has 7 heteroatoms. The molecule has 0 spiro atoms. The summed E-state index contributed by atoms with van der Waals surface area (Å²) in [5.41, 5.74) is 2.41. The predicted molar refractivity (Wildman–Crippen MR) is 132 cm³/mol. The highest BCUT2D eigenvalue weighted by Crippen LogP contribution is 2.34. The first-order valence-electron chi connectivity index (χ1n) is 10.5. The van der Waals surface area contributed by atoms with E-state index in [0.29, 0.717) is 27.2 Å². The van der Waals surface area contributed by atoms with E-state index in [1.165, 1.54) is 16.5 Å². The van der Waals surface area contributed by atoms with Gasteiger partial charge in [-0.1, -0.05) is 54.6 Å². The molecule has 1 saturated heterocycles. The molecule has 33 heavy (non-hydrogen) atoms. The van der Waals surface area contributed by atoms with Crippen molar-refractivity contribution >= 4 is 44.9 Å². The Bertz CT molecular complexity index is 1200. The van der Waals surface area contributed by atoms with E-state index in [0.717, 1.165) is 30.2 Å². The van der Waals surface area contributed by atoms with Crippen LogP contribution < -0.4 is 4.74 Å². The molecular weight excluding hydrogens is 505 g/mol. The zero-order valence-electron chi connectivity index (χ0n) is 17.7. The van der Waals surface area contributed by atoms with E-state index in [9.17, 15) is 14.0 Å². The number of hydrogen-bond acceptors (Lipinski definition) is 4. The Kier molecular flexibility index (Phi) is 7.62. The third-order valence-electron chi connectivity index (χ3n) is 5.16. The fourth-order valence-electron chi connectivity index (χ4n) is 3.43. The zero-order valence-corrected chi connectivity index (χ0v) is 20.1. The van der Waals surface area contributed by atoms with Gasteiger partial charge in [-0.2, -0.15) is 0 Å². The monoisotopic (exact) mass is 525 g/mol. The molecule has 0 bridgehead atoms. The van der Waals surface area contributed by atoms with Crippen LogP contribution in [-0.4, -0.2) is 22.6 Å². The summed E-state index contributed by atoms with van der Waals surface area (Å²) < 4.78 is 20.2. The van der Waals surface area contributed by atoms with Crippen molar-refractivity contribution in [1.29, 1.82) is 0 Å². The lowest BCUT2D eigenvalue weighted by molar-refractivity contribution is -0.122. The van der Waals surface area contributed by atoms with Crippen LogP contribution in [0, 0.1) is 5.82 Å². The van der Waals surface area contributed by atoms with Crippen LogP contribution in [0.25, 0.3) is 6.08 Å². The van der Waals surface area contributed by atoms with E-state index in [2.05, 4.69) is 15.9 Å². The Labute approximate surface area is 204 Å². The van der Waals surface area contributed by atoms with Crippen LogP contribution >= 0.6 is 27.7 Å². The number of imide groups is 1. The molecule has 3 aromatic rings. The molecule has 0 unspecified atom stereocenters. The lowest BCUT2D eigenvalue weighted by Gasteiger charge is -2.12. The summed E-state index contributed by atoms with van der Waals surface area (Å²) in [7, 11) is 0. The molecule has 4 nitrogen and oxygen atoms in total. The normalized spacial score (nSPS) is 14.8. The SMILES string of the molecule is O=C1S/C(=C/c2ccc(OCc3ccccc3F)c(Br)c2)C(=O)N1CCCc1ccccc1. The van der Waals surface area contributed by atoms with E-state index in [4.69, 9.17) is 4.74 Å². The summed E-state index contributed by atoms with van der Waals surface area (Å²) in [5.74, 6) is -0.0248. The van der Waals surface area contributed by atoms with Gasteiger partial charge < -0.3 is 4.74 Å². The van der Waals surface area contributed by atoms with Crippen molar-refractivity contribution < 1.29 is 18.7 Å². The summed E-state index contributed by atoms with van der Waals surface area (Å²) >= 11 is 4.42. The van der Waals surface area contributed by atoms with Gasteiger partial charge in [0.25, 0.3) is 11.1 Å². The van der Waals surface area contributed by atoms with Crippen LogP contribution in [0.2, 0.25) is 0 Å². The Balaban J connectivity index is 1.37. The Morgan fingerprint density at radius 2 is 1.76 bits per heavy atom. The van der Waals surface area contributed by atoms with Crippen LogP contribution in [-0.2, 0) is 17.8 Å². The van der Waals surface area contributed by atoms with Gasteiger partial charge >= 0.3 is 0 Å². The minimum Gasteiger partial charge on any atom is -0.488 e. The molecule has 1 aliphatic rings. The average Bonchev–Trinajstić information content (AvgIpc) is 3.07. The second-order valence-corrected chi connectivity index (χ2v) is 9.34. The van der Waals surface area contributed by atoms with Crippen molar-refractivity contribution in [3.8, 4) is 5.75 Å². The molecule has 1 aliphatic heterocycles. The molecule has 0 aromatic heterocycles. The smallest absolute Gasteiger partial charge is 0.293 e. The number of carbonyl (C=O) groups is 2. The number of ether oxygens (including phenoxy) is 1. The number of hydrogen-bond donors (Lipinski definition) is 0. The van der Waals surface area contributed by atoms with Gasteiger partial charge in [-0.25, -0.2) is 4.39 Å². The van der Waals surface area contributed by atoms with Gasteiger partial charge in [0, 0.05) is 12.1 Å². The first kappa shape index (κ1) is 23.3. The van der Waals surface area contributed by atoms with E-state index in [1.807, 2.05) is 30.3 Å². The van der Waals surface area contributed by atoms with E-state index < -0.39 is 0 Å². The maximum atomic E-state index is 13.8. The summed E-state index contributed by atoms with van der Waals surface area (Å²) in [6.07, 6.45) is 3.23. The fraction of sp³-hybridized carbons (Fsp3) is 0.154. The van der Waals surface area contributed by atoms with Gasteiger partial charge in [0.05, 0.1) is 9.38 Å². The number of amides is 2. The van der Waals surface area contributed by atoms with Crippen LogP contribution in [0.3, 0.4) is 0 Å².